The minimum atomic E-state index is -1.46. The lowest BCUT2D eigenvalue weighted by Crippen LogP contribution is -2.70. The largest absolute Gasteiger partial charge is 0.367 e. The van der Waals surface area contributed by atoms with Crippen LogP contribution in [-0.2, 0) is 25.6 Å². The van der Waals surface area contributed by atoms with Crippen LogP contribution in [0, 0.1) is 12.3 Å². The summed E-state index contributed by atoms with van der Waals surface area (Å²) >= 11 is 0. The SMILES string of the molecule is Cc1cccc(N2C(=O)NC(=O)C(=Cc3ccc4c(c3)CC3(C(=O)N(C)C(=O)N(C)C3=O)C3CCCN43)C2=O)c1. The number of nitrogens with zero attached hydrogens (tertiary/aromatic N) is 4. The maximum atomic E-state index is 13.6. The Morgan fingerprint density at radius 3 is 2.38 bits per heavy atom. The van der Waals surface area contributed by atoms with Gasteiger partial charge in [0.15, 0.2) is 5.41 Å². The molecule has 11 heteroatoms. The highest BCUT2D eigenvalue weighted by molar-refractivity contribution is 6.39. The zero-order valence-electron chi connectivity index (χ0n) is 22.3. The van der Waals surface area contributed by atoms with E-state index in [-0.39, 0.29) is 18.0 Å². The third-order valence-electron chi connectivity index (χ3n) is 8.32. The average Bonchev–Trinajstić information content (AvgIpc) is 3.43. The van der Waals surface area contributed by atoms with E-state index in [1.807, 2.05) is 19.1 Å². The van der Waals surface area contributed by atoms with Gasteiger partial charge in [0.2, 0.25) is 11.8 Å². The highest BCUT2D eigenvalue weighted by Crippen LogP contribution is 2.49. The maximum Gasteiger partial charge on any atom is 0.335 e. The fourth-order valence-corrected chi connectivity index (χ4v) is 6.45. The number of hydrogen-bond donors (Lipinski definition) is 1. The molecule has 3 fully saturated rings. The fourth-order valence-electron chi connectivity index (χ4n) is 6.45. The molecule has 1 spiro atoms. The molecule has 0 bridgehead atoms. The van der Waals surface area contributed by atoms with E-state index >= 15 is 0 Å². The van der Waals surface area contributed by atoms with Crippen molar-refractivity contribution in [1.82, 2.24) is 15.1 Å². The number of anilines is 2. The first-order chi connectivity index (χ1) is 19.0. The third kappa shape index (κ3) is 3.50. The lowest BCUT2D eigenvalue weighted by atomic mass is 9.68. The van der Waals surface area contributed by atoms with E-state index in [1.165, 1.54) is 20.2 Å². The quantitative estimate of drug-likeness (QED) is 0.351. The number of hydrogen-bond acceptors (Lipinski definition) is 7. The molecule has 0 aromatic heterocycles. The molecule has 0 saturated carbocycles. The predicted octanol–water partition coefficient (Wildman–Crippen LogP) is 2.22. The minimum absolute atomic E-state index is 0.0776. The van der Waals surface area contributed by atoms with E-state index < -0.39 is 41.1 Å². The highest BCUT2D eigenvalue weighted by atomic mass is 16.2. The first-order valence-corrected chi connectivity index (χ1v) is 13.0. The van der Waals surface area contributed by atoms with Gasteiger partial charge in [0, 0.05) is 26.3 Å². The van der Waals surface area contributed by atoms with Crippen molar-refractivity contribution in [2.45, 2.75) is 32.2 Å². The van der Waals surface area contributed by atoms with Crippen LogP contribution in [0.15, 0.2) is 48.0 Å². The van der Waals surface area contributed by atoms with E-state index in [2.05, 4.69) is 10.2 Å². The molecular weight excluding hydrogens is 514 g/mol. The third-order valence-corrected chi connectivity index (χ3v) is 8.32. The first-order valence-electron chi connectivity index (χ1n) is 13.0. The normalized spacial score (nSPS) is 23.3. The Labute approximate surface area is 230 Å². The number of rotatable bonds is 2. The topological polar surface area (TPSA) is 127 Å². The number of carbonyl (C=O) groups excluding carboxylic acids is 6. The van der Waals surface area contributed by atoms with E-state index in [9.17, 15) is 28.8 Å². The molecule has 1 atom stereocenters. The van der Waals surface area contributed by atoms with Crippen molar-refractivity contribution in [2.24, 2.45) is 5.41 Å². The number of urea groups is 2. The van der Waals surface area contributed by atoms with E-state index in [1.54, 1.807) is 30.3 Å². The molecule has 6 rings (SSSR count). The van der Waals surface area contributed by atoms with Gasteiger partial charge in [-0.3, -0.25) is 34.3 Å². The van der Waals surface area contributed by atoms with Crippen LogP contribution in [-0.4, -0.2) is 72.2 Å². The Morgan fingerprint density at radius 2 is 1.68 bits per heavy atom. The lowest BCUT2D eigenvalue weighted by Gasteiger charge is -2.50. The Morgan fingerprint density at radius 1 is 0.950 bits per heavy atom. The van der Waals surface area contributed by atoms with Gasteiger partial charge >= 0.3 is 12.1 Å². The van der Waals surface area contributed by atoms with Crippen molar-refractivity contribution in [1.29, 1.82) is 0 Å². The van der Waals surface area contributed by atoms with Crippen LogP contribution in [0.25, 0.3) is 6.08 Å². The molecule has 204 valence electrons. The lowest BCUT2D eigenvalue weighted by molar-refractivity contribution is -0.159. The summed E-state index contributed by atoms with van der Waals surface area (Å²) in [6.07, 6.45) is 2.91. The van der Waals surface area contributed by atoms with Crippen LogP contribution in [0.1, 0.15) is 29.5 Å². The van der Waals surface area contributed by atoms with E-state index in [0.717, 1.165) is 32.4 Å². The van der Waals surface area contributed by atoms with Gasteiger partial charge in [-0.05, 0) is 73.2 Å². The molecule has 2 aromatic rings. The number of imide groups is 4. The fraction of sp³-hybridized carbons (Fsp3) is 0.310. The van der Waals surface area contributed by atoms with Crippen LogP contribution < -0.4 is 15.1 Å². The van der Waals surface area contributed by atoms with Crippen LogP contribution in [0.3, 0.4) is 0 Å². The van der Waals surface area contributed by atoms with Crippen LogP contribution in [0.5, 0.6) is 0 Å². The smallest absolute Gasteiger partial charge is 0.335 e. The summed E-state index contributed by atoms with van der Waals surface area (Å²) in [6, 6.07) is 10.3. The summed E-state index contributed by atoms with van der Waals surface area (Å²) in [4.78, 5) is 83.4. The molecule has 0 aliphatic carbocycles. The number of fused-ring (bicyclic) bond motifs is 4. The van der Waals surface area contributed by atoms with Crippen molar-refractivity contribution in [2.75, 3.05) is 30.4 Å². The number of carbonyl (C=O) groups is 6. The Balaban J connectivity index is 1.41. The number of benzene rings is 2. The van der Waals surface area contributed by atoms with Crippen molar-refractivity contribution in [3.05, 3.63) is 64.7 Å². The number of barbiturate groups is 2. The zero-order chi connectivity index (χ0) is 28.5. The van der Waals surface area contributed by atoms with Gasteiger partial charge in [-0.2, -0.15) is 0 Å². The molecule has 0 radical (unpaired) electrons. The Kier molecular flexibility index (Phi) is 5.65. The van der Waals surface area contributed by atoms with Crippen LogP contribution in [0.2, 0.25) is 0 Å². The molecule has 4 aliphatic heterocycles. The molecule has 1 unspecified atom stereocenters. The summed E-state index contributed by atoms with van der Waals surface area (Å²) in [5.74, 6) is -2.62. The standard InChI is InChI=1S/C29H27N5O6/c1-16-6-4-7-19(12-16)34-24(36)20(23(35)30-27(34)39)14-17-9-10-21-18(13-17)15-29(22-8-5-11-33(21)22)25(37)31(2)28(40)32(3)26(29)38/h4,6-7,9-10,12-14,22H,5,8,11,15H2,1-3H3,(H,30,35,39). The Hall–Kier alpha value is -4.80. The van der Waals surface area contributed by atoms with E-state index in [4.69, 9.17) is 0 Å². The van der Waals surface area contributed by atoms with E-state index in [0.29, 0.717) is 29.8 Å². The summed E-state index contributed by atoms with van der Waals surface area (Å²) in [7, 11) is 2.78. The zero-order valence-corrected chi connectivity index (χ0v) is 22.3. The molecular formula is C29H27N5O6. The molecule has 4 heterocycles. The number of aryl methyl sites for hydroxylation is 1. The molecule has 1 N–H and O–H groups in total. The summed E-state index contributed by atoms with van der Waals surface area (Å²) < 4.78 is 0. The molecule has 11 nitrogen and oxygen atoms in total. The molecule has 4 aliphatic rings. The molecule has 2 aromatic carbocycles. The van der Waals surface area contributed by atoms with Gasteiger partial charge in [0.05, 0.1) is 11.7 Å². The average molecular weight is 542 g/mol. The van der Waals surface area contributed by atoms with Gasteiger partial charge in [0.25, 0.3) is 11.8 Å². The van der Waals surface area contributed by atoms with Crippen molar-refractivity contribution >= 4 is 53.1 Å². The van der Waals surface area contributed by atoms with Gasteiger partial charge in [-0.25, -0.2) is 14.5 Å². The highest BCUT2D eigenvalue weighted by Gasteiger charge is 2.63. The minimum Gasteiger partial charge on any atom is -0.367 e. The van der Waals surface area contributed by atoms with Gasteiger partial charge in [0.1, 0.15) is 5.57 Å². The summed E-state index contributed by atoms with van der Waals surface area (Å²) in [5, 5.41) is 2.23. The molecule has 3 saturated heterocycles. The second-order valence-electron chi connectivity index (χ2n) is 10.7. The Bertz CT molecular complexity index is 1550. The van der Waals surface area contributed by atoms with Crippen LogP contribution >= 0.6 is 0 Å². The summed E-state index contributed by atoms with van der Waals surface area (Å²) in [6.45, 7) is 2.48. The second-order valence-corrected chi connectivity index (χ2v) is 10.7. The summed E-state index contributed by atoms with van der Waals surface area (Å²) in [5.41, 5.74) is 1.56. The van der Waals surface area contributed by atoms with Crippen molar-refractivity contribution in [3.63, 3.8) is 0 Å². The van der Waals surface area contributed by atoms with Crippen molar-refractivity contribution < 1.29 is 28.8 Å². The number of amides is 8. The first kappa shape index (κ1) is 25.5. The monoisotopic (exact) mass is 541 g/mol. The molecule has 8 amide bonds. The van der Waals surface area contributed by atoms with Gasteiger partial charge in [-0.15, -0.1) is 0 Å². The van der Waals surface area contributed by atoms with Crippen LogP contribution in [0.4, 0.5) is 21.0 Å². The maximum absolute atomic E-state index is 13.6. The van der Waals surface area contributed by atoms with Gasteiger partial charge in [-0.1, -0.05) is 18.2 Å². The molecule has 40 heavy (non-hydrogen) atoms. The number of nitrogens with one attached hydrogen (secondary N) is 1. The van der Waals surface area contributed by atoms with Gasteiger partial charge < -0.3 is 4.90 Å². The second kappa shape index (κ2) is 8.87. The predicted molar refractivity (Wildman–Crippen MR) is 144 cm³/mol. The van der Waals surface area contributed by atoms with Crippen molar-refractivity contribution in [3.8, 4) is 0 Å².